The standard InChI is InChI=1S/C22H20FNO4/c1-14-4-5-15(2)24(14)18-9-6-16(7-10-18)22(26)28-13-20(25)19-12-17(23)8-11-21(19)27-3/h4-12H,13H2,1-3H3. The summed E-state index contributed by atoms with van der Waals surface area (Å²) in [6.07, 6.45) is 0. The lowest BCUT2D eigenvalue weighted by atomic mass is 10.1. The number of methoxy groups -OCH3 is 1. The number of carbonyl (C=O) groups is 2. The van der Waals surface area contributed by atoms with Crippen LogP contribution in [0, 0.1) is 19.7 Å². The van der Waals surface area contributed by atoms with Crippen LogP contribution in [0.25, 0.3) is 5.69 Å². The normalized spacial score (nSPS) is 10.6. The molecule has 0 atom stereocenters. The Bertz CT molecular complexity index is 1000. The number of ketones is 1. The molecule has 0 aliphatic heterocycles. The van der Waals surface area contributed by atoms with E-state index in [0.29, 0.717) is 5.56 Å². The third-order valence-corrected chi connectivity index (χ3v) is 4.43. The van der Waals surface area contributed by atoms with Gasteiger partial charge in [-0.05, 0) is 68.4 Å². The van der Waals surface area contributed by atoms with Gasteiger partial charge in [-0.25, -0.2) is 9.18 Å². The molecule has 0 fully saturated rings. The monoisotopic (exact) mass is 381 g/mol. The van der Waals surface area contributed by atoms with Crippen molar-refractivity contribution in [1.29, 1.82) is 0 Å². The first-order valence-electron chi connectivity index (χ1n) is 8.70. The van der Waals surface area contributed by atoms with Crippen LogP contribution in [-0.4, -0.2) is 30.0 Å². The molecule has 0 bridgehead atoms. The average molecular weight is 381 g/mol. The Balaban J connectivity index is 1.69. The van der Waals surface area contributed by atoms with Crippen LogP contribution in [0.1, 0.15) is 32.1 Å². The summed E-state index contributed by atoms with van der Waals surface area (Å²) in [5.41, 5.74) is 3.46. The molecule has 0 amide bonds. The lowest BCUT2D eigenvalue weighted by molar-refractivity contribution is 0.0474. The maximum absolute atomic E-state index is 13.4. The molecular weight excluding hydrogens is 361 g/mol. The fourth-order valence-corrected chi connectivity index (χ4v) is 3.01. The molecular formula is C22H20FNO4. The number of aromatic nitrogens is 1. The zero-order chi connectivity index (χ0) is 20.3. The van der Waals surface area contributed by atoms with Crippen molar-refractivity contribution in [3.63, 3.8) is 0 Å². The van der Waals surface area contributed by atoms with E-state index in [1.165, 1.54) is 19.2 Å². The summed E-state index contributed by atoms with van der Waals surface area (Å²) < 4.78 is 25.6. The predicted octanol–water partition coefficient (Wildman–Crippen LogP) is 4.28. The summed E-state index contributed by atoms with van der Waals surface area (Å²) in [5.74, 6) is -1.51. The maximum atomic E-state index is 13.4. The number of aryl methyl sites for hydroxylation is 2. The number of hydrogen-bond donors (Lipinski definition) is 0. The molecule has 0 aliphatic rings. The van der Waals surface area contributed by atoms with Crippen LogP contribution in [0.2, 0.25) is 0 Å². The first kappa shape index (κ1) is 19.4. The number of carbonyl (C=O) groups excluding carboxylic acids is 2. The molecule has 0 unspecified atom stereocenters. The van der Waals surface area contributed by atoms with Crippen LogP contribution in [0.3, 0.4) is 0 Å². The molecule has 0 saturated heterocycles. The molecule has 0 radical (unpaired) electrons. The van der Waals surface area contributed by atoms with Crippen LogP contribution in [0.15, 0.2) is 54.6 Å². The Kier molecular flexibility index (Phi) is 5.59. The topological polar surface area (TPSA) is 57.5 Å². The molecule has 0 saturated carbocycles. The van der Waals surface area contributed by atoms with Crippen molar-refractivity contribution < 1.29 is 23.5 Å². The van der Waals surface area contributed by atoms with Crippen molar-refractivity contribution in [3.8, 4) is 11.4 Å². The minimum Gasteiger partial charge on any atom is -0.496 e. The molecule has 1 aromatic heterocycles. The van der Waals surface area contributed by atoms with E-state index in [2.05, 4.69) is 4.57 Å². The van der Waals surface area contributed by atoms with Crippen LogP contribution in [-0.2, 0) is 4.74 Å². The molecule has 6 heteroatoms. The van der Waals surface area contributed by atoms with E-state index in [4.69, 9.17) is 9.47 Å². The summed E-state index contributed by atoms with van der Waals surface area (Å²) in [5, 5.41) is 0. The minimum absolute atomic E-state index is 0.0317. The van der Waals surface area contributed by atoms with Crippen molar-refractivity contribution in [2.24, 2.45) is 0 Å². The predicted molar refractivity (Wildman–Crippen MR) is 103 cm³/mol. The summed E-state index contributed by atoms with van der Waals surface area (Å²) in [4.78, 5) is 24.5. The van der Waals surface area contributed by atoms with Gasteiger partial charge in [-0.2, -0.15) is 0 Å². The molecule has 144 valence electrons. The quantitative estimate of drug-likeness (QED) is 0.472. The van der Waals surface area contributed by atoms with Crippen molar-refractivity contribution in [2.45, 2.75) is 13.8 Å². The molecule has 28 heavy (non-hydrogen) atoms. The van der Waals surface area contributed by atoms with E-state index in [9.17, 15) is 14.0 Å². The summed E-state index contributed by atoms with van der Waals surface area (Å²) in [7, 11) is 1.38. The smallest absolute Gasteiger partial charge is 0.338 e. The van der Waals surface area contributed by atoms with Crippen LogP contribution >= 0.6 is 0 Å². The van der Waals surface area contributed by atoms with Gasteiger partial charge in [0.15, 0.2) is 6.61 Å². The van der Waals surface area contributed by atoms with Gasteiger partial charge in [0, 0.05) is 17.1 Å². The van der Waals surface area contributed by atoms with Gasteiger partial charge >= 0.3 is 5.97 Å². The Hall–Kier alpha value is -3.41. The van der Waals surface area contributed by atoms with Crippen LogP contribution < -0.4 is 4.74 Å². The average Bonchev–Trinajstić information content (AvgIpc) is 3.04. The second-order valence-corrected chi connectivity index (χ2v) is 6.34. The highest BCUT2D eigenvalue weighted by Gasteiger charge is 2.16. The fraction of sp³-hybridized carbons (Fsp3) is 0.182. The highest BCUT2D eigenvalue weighted by atomic mass is 19.1. The molecule has 5 nitrogen and oxygen atoms in total. The Labute approximate surface area is 162 Å². The lowest BCUT2D eigenvalue weighted by Gasteiger charge is -2.11. The van der Waals surface area contributed by atoms with Crippen molar-refractivity contribution in [3.05, 3.63) is 82.9 Å². The number of nitrogens with zero attached hydrogens (tertiary/aromatic N) is 1. The number of ether oxygens (including phenoxy) is 2. The second-order valence-electron chi connectivity index (χ2n) is 6.34. The number of rotatable bonds is 6. The molecule has 1 heterocycles. The second kappa shape index (κ2) is 8.08. The summed E-state index contributed by atoms with van der Waals surface area (Å²) in [6, 6.07) is 14.6. The van der Waals surface area contributed by atoms with Gasteiger partial charge in [0.1, 0.15) is 11.6 Å². The van der Waals surface area contributed by atoms with Crippen molar-refractivity contribution in [1.82, 2.24) is 4.57 Å². The van der Waals surface area contributed by atoms with Crippen LogP contribution in [0.4, 0.5) is 4.39 Å². The number of hydrogen-bond acceptors (Lipinski definition) is 4. The van der Waals surface area contributed by atoms with E-state index >= 15 is 0 Å². The Morgan fingerprint density at radius 3 is 2.21 bits per heavy atom. The molecule has 3 rings (SSSR count). The fourth-order valence-electron chi connectivity index (χ4n) is 3.01. The molecule has 2 aromatic carbocycles. The van der Waals surface area contributed by atoms with E-state index < -0.39 is 24.2 Å². The highest BCUT2D eigenvalue weighted by molar-refractivity contribution is 6.01. The summed E-state index contributed by atoms with van der Waals surface area (Å²) >= 11 is 0. The van der Waals surface area contributed by atoms with Gasteiger partial charge in [0.05, 0.1) is 18.2 Å². The third-order valence-electron chi connectivity index (χ3n) is 4.43. The third kappa shape index (κ3) is 3.96. The van der Waals surface area contributed by atoms with E-state index in [-0.39, 0.29) is 11.3 Å². The molecule has 0 N–H and O–H groups in total. The highest BCUT2D eigenvalue weighted by Crippen LogP contribution is 2.20. The van der Waals surface area contributed by atoms with Gasteiger partial charge in [-0.15, -0.1) is 0 Å². The number of esters is 1. The number of halogens is 1. The zero-order valence-corrected chi connectivity index (χ0v) is 15.9. The van der Waals surface area contributed by atoms with Crippen molar-refractivity contribution >= 4 is 11.8 Å². The zero-order valence-electron chi connectivity index (χ0n) is 15.9. The SMILES string of the molecule is COc1ccc(F)cc1C(=O)COC(=O)c1ccc(-n2c(C)ccc2C)cc1. The van der Waals surface area contributed by atoms with Crippen LogP contribution in [0.5, 0.6) is 5.75 Å². The van der Waals surface area contributed by atoms with Gasteiger partial charge in [-0.3, -0.25) is 4.79 Å². The Morgan fingerprint density at radius 2 is 1.61 bits per heavy atom. The maximum Gasteiger partial charge on any atom is 0.338 e. The molecule has 0 spiro atoms. The van der Waals surface area contributed by atoms with Crippen molar-refractivity contribution in [2.75, 3.05) is 13.7 Å². The lowest BCUT2D eigenvalue weighted by Crippen LogP contribution is -2.15. The van der Waals surface area contributed by atoms with Gasteiger partial charge < -0.3 is 14.0 Å². The van der Waals surface area contributed by atoms with Gasteiger partial charge in [0.25, 0.3) is 0 Å². The largest absolute Gasteiger partial charge is 0.496 e. The van der Waals surface area contributed by atoms with Gasteiger partial charge in [-0.1, -0.05) is 0 Å². The minimum atomic E-state index is -0.629. The summed E-state index contributed by atoms with van der Waals surface area (Å²) in [6.45, 7) is 3.50. The molecule has 3 aromatic rings. The van der Waals surface area contributed by atoms with E-state index in [1.54, 1.807) is 12.1 Å². The van der Waals surface area contributed by atoms with E-state index in [1.807, 2.05) is 38.1 Å². The first-order valence-corrected chi connectivity index (χ1v) is 8.70. The van der Waals surface area contributed by atoms with Gasteiger partial charge in [0.2, 0.25) is 5.78 Å². The first-order chi connectivity index (χ1) is 13.4. The molecule has 0 aliphatic carbocycles. The Morgan fingerprint density at radius 1 is 0.964 bits per heavy atom. The van der Waals surface area contributed by atoms with E-state index in [0.717, 1.165) is 23.1 Å². The number of benzene rings is 2. The number of Topliss-reactive ketones (excluding diaryl/α,β-unsaturated/α-hetero) is 1.